The quantitative estimate of drug-likeness (QED) is 0.850. The van der Waals surface area contributed by atoms with E-state index in [1.807, 2.05) is 36.4 Å². The van der Waals surface area contributed by atoms with E-state index in [-0.39, 0.29) is 0 Å². The summed E-state index contributed by atoms with van der Waals surface area (Å²) in [5.74, 6) is -0.958. The summed E-state index contributed by atoms with van der Waals surface area (Å²) in [5.41, 5.74) is 2.58. The van der Waals surface area contributed by atoms with Gasteiger partial charge in [-0.1, -0.05) is 24.3 Å². The summed E-state index contributed by atoms with van der Waals surface area (Å²) < 4.78 is 0. The second-order valence-corrected chi connectivity index (χ2v) is 3.81. The van der Waals surface area contributed by atoms with Gasteiger partial charge in [-0.2, -0.15) is 0 Å². The highest BCUT2D eigenvalue weighted by Crippen LogP contribution is 2.10. The molecular weight excluding hydrogens is 240 g/mol. The molecule has 2 rings (SSSR count). The zero-order valence-corrected chi connectivity index (χ0v) is 10.1. The molecule has 0 saturated heterocycles. The third-order valence-corrected chi connectivity index (χ3v) is 2.36. The molecule has 94 valence electrons. The van der Waals surface area contributed by atoms with E-state index in [2.05, 4.69) is 9.97 Å². The summed E-state index contributed by atoms with van der Waals surface area (Å²) in [5, 5.41) is 8.58. The van der Waals surface area contributed by atoms with Gasteiger partial charge in [0.25, 0.3) is 0 Å². The number of benzene rings is 1. The van der Waals surface area contributed by atoms with Gasteiger partial charge in [0.05, 0.1) is 11.9 Å². The molecule has 0 fully saturated rings. The van der Waals surface area contributed by atoms with Crippen LogP contribution in [0.25, 0.3) is 18.2 Å². The van der Waals surface area contributed by atoms with Gasteiger partial charge in [0.15, 0.2) is 0 Å². The molecular formula is C15H12N2O2. The molecule has 4 heteroatoms. The van der Waals surface area contributed by atoms with Crippen molar-refractivity contribution in [3.8, 4) is 0 Å². The SMILES string of the molecule is O=C(O)/C=C/c1cccc(/C=C/c2cnccn2)c1. The largest absolute Gasteiger partial charge is 0.478 e. The highest BCUT2D eigenvalue weighted by molar-refractivity contribution is 5.85. The predicted octanol–water partition coefficient (Wildman–Crippen LogP) is 2.74. The number of aromatic nitrogens is 2. The number of carbonyl (C=O) groups is 1. The third-order valence-electron chi connectivity index (χ3n) is 2.36. The fourth-order valence-corrected chi connectivity index (χ4v) is 1.51. The molecule has 0 aliphatic rings. The smallest absolute Gasteiger partial charge is 0.328 e. The molecule has 1 aromatic carbocycles. The first-order valence-corrected chi connectivity index (χ1v) is 5.69. The fraction of sp³-hybridized carbons (Fsp3) is 0. The van der Waals surface area contributed by atoms with Crippen molar-refractivity contribution in [1.82, 2.24) is 9.97 Å². The van der Waals surface area contributed by atoms with E-state index in [1.54, 1.807) is 24.7 Å². The molecule has 19 heavy (non-hydrogen) atoms. The highest BCUT2D eigenvalue weighted by Gasteiger charge is 1.92. The highest BCUT2D eigenvalue weighted by atomic mass is 16.4. The van der Waals surface area contributed by atoms with Crippen LogP contribution in [0.4, 0.5) is 0 Å². The van der Waals surface area contributed by atoms with Gasteiger partial charge in [0, 0.05) is 18.5 Å². The van der Waals surface area contributed by atoms with E-state index in [0.29, 0.717) is 0 Å². The van der Waals surface area contributed by atoms with E-state index >= 15 is 0 Å². The van der Waals surface area contributed by atoms with E-state index in [1.165, 1.54) is 0 Å². The summed E-state index contributed by atoms with van der Waals surface area (Å²) in [7, 11) is 0. The molecule has 0 spiro atoms. The minimum absolute atomic E-state index is 0.772. The minimum Gasteiger partial charge on any atom is -0.478 e. The summed E-state index contributed by atoms with van der Waals surface area (Å²) in [4.78, 5) is 18.6. The van der Waals surface area contributed by atoms with Crippen molar-refractivity contribution in [2.24, 2.45) is 0 Å². The van der Waals surface area contributed by atoms with Gasteiger partial charge in [0.2, 0.25) is 0 Å². The summed E-state index contributed by atoms with van der Waals surface area (Å²) in [6.07, 6.45) is 11.4. The van der Waals surface area contributed by atoms with Crippen LogP contribution in [0.5, 0.6) is 0 Å². The predicted molar refractivity (Wildman–Crippen MR) is 74.1 cm³/mol. The lowest BCUT2D eigenvalue weighted by Gasteiger charge is -1.96. The normalized spacial score (nSPS) is 11.2. The first-order valence-electron chi connectivity index (χ1n) is 5.69. The Kier molecular flexibility index (Phi) is 4.18. The molecule has 0 amide bonds. The first-order chi connectivity index (χ1) is 9.24. The van der Waals surface area contributed by atoms with Crippen molar-refractivity contribution < 1.29 is 9.90 Å². The lowest BCUT2D eigenvalue weighted by Crippen LogP contribution is -1.85. The van der Waals surface area contributed by atoms with E-state index in [4.69, 9.17) is 5.11 Å². The van der Waals surface area contributed by atoms with E-state index < -0.39 is 5.97 Å². The van der Waals surface area contributed by atoms with Crippen LogP contribution in [-0.2, 0) is 4.79 Å². The van der Waals surface area contributed by atoms with Gasteiger partial charge in [-0.05, 0) is 29.3 Å². The van der Waals surface area contributed by atoms with Gasteiger partial charge < -0.3 is 5.11 Å². The van der Waals surface area contributed by atoms with Crippen molar-refractivity contribution in [1.29, 1.82) is 0 Å². The number of nitrogens with zero attached hydrogens (tertiary/aromatic N) is 2. The molecule has 0 saturated carbocycles. The van der Waals surface area contributed by atoms with Crippen LogP contribution in [0.3, 0.4) is 0 Å². The Hall–Kier alpha value is -2.75. The van der Waals surface area contributed by atoms with E-state index in [0.717, 1.165) is 22.9 Å². The Bertz CT molecular complexity index is 619. The second-order valence-electron chi connectivity index (χ2n) is 3.81. The average molecular weight is 252 g/mol. The van der Waals surface area contributed by atoms with Crippen LogP contribution in [-0.4, -0.2) is 21.0 Å². The molecule has 0 aliphatic heterocycles. The van der Waals surface area contributed by atoms with Gasteiger partial charge in [-0.25, -0.2) is 4.79 Å². The maximum atomic E-state index is 10.5. The average Bonchev–Trinajstić information content (AvgIpc) is 2.44. The van der Waals surface area contributed by atoms with E-state index in [9.17, 15) is 4.79 Å². The van der Waals surface area contributed by atoms with Crippen molar-refractivity contribution in [3.05, 3.63) is 65.8 Å². The number of hydrogen-bond acceptors (Lipinski definition) is 3. The van der Waals surface area contributed by atoms with Crippen LogP contribution in [0, 0.1) is 0 Å². The van der Waals surface area contributed by atoms with Crippen LogP contribution < -0.4 is 0 Å². The molecule has 1 heterocycles. The van der Waals surface area contributed by atoms with Crippen molar-refractivity contribution >= 4 is 24.2 Å². The minimum atomic E-state index is -0.958. The number of hydrogen-bond donors (Lipinski definition) is 1. The molecule has 0 atom stereocenters. The third kappa shape index (κ3) is 4.20. The van der Waals surface area contributed by atoms with Gasteiger partial charge in [-0.3, -0.25) is 9.97 Å². The summed E-state index contributed by atoms with van der Waals surface area (Å²) >= 11 is 0. The lowest BCUT2D eigenvalue weighted by atomic mass is 10.1. The maximum absolute atomic E-state index is 10.5. The lowest BCUT2D eigenvalue weighted by molar-refractivity contribution is -0.131. The number of carboxylic acid groups (broad SMARTS) is 1. The molecule has 0 bridgehead atoms. The molecule has 0 unspecified atom stereocenters. The standard InChI is InChI=1S/C15H12N2O2/c18-15(19)7-5-13-3-1-2-12(10-13)4-6-14-11-16-8-9-17-14/h1-11H,(H,18,19)/b6-4+,7-5+. The number of carboxylic acids is 1. The van der Waals surface area contributed by atoms with Crippen LogP contribution in [0.15, 0.2) is 48.9 Å². The number of aliphatic carboxylic acids is 1. The molecule has 1 N–H and O–H groups in total. The zero-order valence-electron chi connectivity index (χ0n) is 10.1. The Morgan fingerprint density at radius 3 is 2.58 bits per heavy atom. The topological polar surface area (TPSA) is 63.1 Å². The fourth-order valence-electron chi connectivity index (χ4n) is 1.51. The second kappa shape index (κ2) is 6.26. The molecule has 2 aromatic rings. The Morgan fingerprint density at radius 1 is 1.11 bits per heavy atom. The molecule has 4 nitrogen and oxygen atoms in total. The van der Waals surface area contributed by atoms with Crippen LogP contribution in [0.1, 0.15) is 16.8 Å². The van der Waals surface area contributed by atoms with Gasteiger partial charge in [-0.15, -0.1) is 0 Å². The van der Waals surface area contributed by atoms with Crippen LogP contribution in [0.2, 0.25) is 0 Å². The van der Waals surface area contributed by atoms with Crippen LogP contribution >= 0.6 is 0 Å². The monoisotopic (exact) mass is 252 g/mol. The zero-order chi connectivity index (χ0) is 13.5. The van der Waals surface area contributed by atoms with Crippen molar-refractivity contribution in [2.75, 3.05) is 0 Å². The first kappa shape index (κ1) is 12.7. The Labute approximate surface area is 110 Å². The molecule has 0 radical (unpaired) electrons. The maximum Gasteiger partial charge on any atom is 0.328 e. The molecule has 1 aromatic heterocycles. The number of rotatable bonds is 4. The van der Waals surface area contributed by atoms with Gasteiger partial charge in [0.1, 0.15) is 0 Å². The van der Waals surface area contributed by atoms with Gasteiger partial charge >= 0.3 is 5.97 Å². The summed E-state index contributed by atoms with van der Waals surface area (Å²) in [6.45, 7) is 0. The molecule has 0 aliphatic carbocycles. The summed E-state index contributed by atoms with van der Waals surface area (Å²) in [6, 6.07) is 7.55. The Balaban J connectivity index is 2.15. The van der Waals surface area contributed by atoms with Crippen molar-refractivity contribution in [2.45, 2.75) is 0 Å². The Morgan fingerprint density at radius 2 is 1.89 bits per heavy atom. The van der Waals surface area contributed by atoms with Crippen molar-refractivity contribution in [3.63, 3.8) is 0 Å².